The summed E-state index contributed by atoms with van der Waals surface area (Å²) in [5, 5.41) is 6.16. The minimum atomic E-state index is -4.45. The van der Waals surface area contributed by atoms with E-state index in [0.29, 0.717) is 34.7 Å². The van der Waals surface area contributed by atoms with E-state index in [9.17, 15) is 13.2 Å². The maximum atomic E-state index is 13.3. The minimum absolute atomic E-state index is 0.281. The molecule has 3 aromatic rings. The average molecular weight is 528 g/mol. The van der Waals surface area contributed by atoms with Crippen LogP contribution in [-0.4, -0.2) is 58.1 Å². The van der Waals surface area contributed by atoms with Gasteiger partial charge in [0.2, 0.25) is 5.95 Å². The molecule has 1 saturated heterocycles. The number of nitrogens with one attached hydrogen (secondary N) is 2. The van der Waals surface area contributed by atoms with Gasteiger partial charge in [0.15, 0.2) is 0 Å². The predicted octanol–water partition coefficient (Wildman–Crippen LogP) is 5.44. The first-order valence-electron chi connectivity index (χ1n) is 12.1. The van der Waals surface area contributed by atoms with Gasteiger partial charge in [0.1, 0.15) is 5.82 Å². The number of anilines is 4. The molecule has 0 bridgehead atoms. The molecule has 11 heteroatoms. The molecule has 1 aromatic carbocycles. The molecule has 37 heavy (non-hydrogen) atoms. The van der Waals surface area contributed by atoms with Gasteiger partial charge in [-0.15, -0.1) is 0 Å². The van der Waals surface area contributed by atoms with Crippen LogP contribution in [0, 0.1) is 6.92 Å². The van der Waals surface area contributed by atoms with Gasteiger partial charge in [-0.1, -0.05) is 18.3 Å². The lowest BCUT2D eigenvalue weighted by Gasteiger charge is -2.36. The standard InChI is InChI=1S/C26H28F3N7S/c1-15-20(6-7-22(31-15)36-10-8-18(9-11-36)35(2)3)33-25-30-14-16-12-23(37)32-21-13-17(26(27,28)29)4-5-19(21)24(16)34-25/h4-7,13-14,18H,8-12H2,1-3H3,(H,32,37)(H,30,33,34). The maximum Gasteiger partial charge on any atom is 0.416 e. The lowest BCUT2D eigenvalue weighted by atomic mass is 10.0. The van der Waals surface area contributed by atoms with Crippen molar-refractivity contribution in [3.05, 3.63) is 53.3 Å². The van der Waals surface area contributed by atoms with Crippen LogP contribution in [0.2, 0.25) is 0 Å². The number of hydrogen-bond acceptors (Lipinski definition) is 7. The van der Waals surface area contributed by atoms with Crippen LogP contribution in [0.15, 0.2) is 36.5 Å². The summed E-state index contributed by atoms with van der Waals surface area (Å²) in [4.78, 5) is 18.9. The smallest absolute Gasteiger partial charge is 0.356 e. The molecule has 1 fully saturated rings. The van der Waals surface area contributed by atoms with Crippen LogP contribution in [-0.2, 0) is 12.6 Å². The number of rotatable bonds is 4. The number of pyridine rings is 1. The van der Waals surface area contributed by atoms with Crippen molar-refractivity contribution in [1.82, 2.24) is 19.9 Å². The van der Waals surface area contributed by atoms with Crippen LogP contribution in [0.1, 0.15) is 29.7 Å². The number of alkyl halides is 3. The van der Waals surface area contributed by atoms with Crippen molar-refractivity contribution in [3.8, 4) is 11.3 Å². The summed E-state index contributed by atoms with van der Waals surface area (Å²) in [6, 6.07) is 8.10. The summed E-state index contributed by atoms with van der Waals surface area (Å²) in [7, 11) is 4.24. The third-order valence-electron chi connectivity index (χ3n) is 6.93. The molecule has 7 nitrogen and oxygen atoms in total. The van der Waals surface area contributed by atoms with Crippen molar-refractivity contribution in [2.75, 3.05) is 42.7 Å². The van der Waals surface area contributed by atoms with E-state index < -0.39 is 11.7 Å². The number of aromatic nitrogens is 3. The maximum absolute atomic E-state index is 13.3. The van der Waals surface area contributed by atoms with Gasteiger partial charge in [-0.25, -0.2) is 15.0 Å². The Hall–Kier alpha value is -3.31. The molecule has 0 radical (unpaired) electrons. The molecule has 0 unspecified atom stereocenters. The normalized spacial score (nSPS) is 16.2. The number of nitrogens with zero attached hydrogens (tertiary/aromatic N) is 5. The molecule has 0 atom stereocenters. The van der Waals surface area contributed by atoms with Crippen LogP contribution in [0.4, 0.5) is 36.3 Å². The summed E-state index contributed by atoms with van der Waals surface area (Å²) < 4.78 is 39.9. The molecule has 2 aliphatic rings. The summed E-state index contributed by atoms with van der Waals surface area (Å²) in [6.45, 7) is 3.85. The Morgan fingerprint density at radius 3 is 2.54 bits per heavy atom. The van der Waals surface area contributed by atoms with Gasteiger partial charge in [0, 0.05) is 48.6 Å². The molecule has 0 aliphatic carbocycles. The molecule has 2 aromatic heterocycles. The monoisotopic (exact) mass is 527 g/mol. The van der Waals surface area contributed by atoms with Crippen LogP contribution >= 0.6 is 12.2 Å². The Kier molecular flexibility index (Phi) is 6.76. The number of aryl methyl sites for hydroxylation is 1. The van der Waals surface area contributed by atoms with E-state index in [1.807, 2.05) is 19.1 Å². The summed E-state index contributed by atoms with van der Waals surface area (Å²) in [6.07, 6.45) is -0.259. The van der Waals surface area contributed by atoms with Crippen LogP contribution in [0.3, 0.4) is 0 Å². The highest BCUT2D eigenvalue weighted by molar-refractivity contribution is 7.80. The first-order valence-corrected chi connectivity index (χ1v) is 12.5. The number of thiocarbonyl (C=S) groups is 1. The van der Waals surface area contributed by atoms with Gasteiger partial charge in [0.05, 0.1) is 27.6 Å². The van der Waals surface area contributed by atoms with Crippen molar-refractivity contribution < 1.29 is 13.2 Å². The van der Waals surface area contributed by atoms with Crippen molar-refractivity contribution >= 4 is 40.3 Å². The number of hydrogen-bond donors (Lipinski definition) is 2. The van der Waals surface area contributed by atoms with E-state index in [2.05, 4.69) is 44.5 Å². The molecule has 0 saturated carbocycles. The van der Waals surface area contributed by atoms with Crippen molar-refractivity contribution in [2.24, 2.45) is 0 Å². The highest BCUT2D eigenvalue weighted by atomic mass is 32.1. The Balaban J connectivity index is 1.39. The SMILES string of the molecule is Cc1nc(N2CCC(N(C)C)CC2)ccc1Nc1ncc2c(n1)-c1ccc(C(F)(F)F)cc1NC(=S)C2. The highest BCUT2D eigenvalue weighted by Crippen LogP contribution is 2.38. The average Bonchev–Trinajstić information content (AvgIpc) is 2.99. The summed E-state index contributed by atoms with van der Waals surface area (Å²) in [5.41, 5.74) is 2.94. The van der Waals surface area contributed by atoms with Gasteiger partial charge in [-0.2, -0.15) is 13.2 Å². The Morgan fingerprint density at radius 2 is 1.86 bits per heavy atom. The van der Waals surface area contributed by atoms with Crippen molar-refractivity contribution in [3.63, 3.8) is 0 Å². The second kappa shape index (κ2) is 9.86. The first kappa shape index (κ1) is 25.3. The van der Waals surface area contributed by atoms with Crippen LogP contribution < -0.4 is 15.5 Å². The summed E-state index contributed by atoms with van der Waals surface area (Å²) in [5.74, 6) is 1.28. The third kappa shape index (κ3) is 5.37. The first-order chi connectivity index (χ1) is 17.6. The molecule has 2 N–H and O–H groups in total. The second-order valence-corrected chi connectivity index (χ2v) is 10.2. The molecular formula is C26H28F3N7S. The molecule has 194 valence electrons. The fraction of sp³-hybridized carbons (Fsp3) is 0.385. The zero-order valence-electron chi connectivity index (χ0n) is 20.9. The molecule has 2 aliphatic heterocycles. The van der Waals surface area contributed by atoms with E-state index in [1.165, 1.54) is 6.07 Å². The van der Waals surface area contributed by atoms with Gasteiger partial charge < -0.3 is 20.4 Å². The van der Waals surface area contributed by atoms with Crippen molar-refractivity contribution in [1.29, 1.82) is 0 Å². The zero-order valence-corrected chi connectivity index (χ0v) is 21.7. The molecular weight excluding hydrogens is 499 g/mol. The van der Waals surface area contributed by atoms with E-state index in [4.69, 9.17) is 17.2 Å². The zero-order chi connectivity index (χ0) is 26.3. The Bertz CT molecular complexity index is 1330. The number of benzene rings is 1. The van der Waals surface area contributed by atoms with Crippen LogP contribution in [0.5, 0.6) is 0 Å². The molecule has 0 spiro atoms. The second-order valence-electron chi connectivity index (χ2n) is 9.66. The number of fused-ring (bicyclic) bond motifs is 3. The molecule has 5 rings (SSSR count). The van der Waals surface area contributed by atoms with Crippen molar-refractivity contribution in [2.45, 2.75) is 38.4 Å². The largest absolute Gasteiger partial charge is 0.416 e. The number of halogens is 3. The predicted molar refractivity (Wildman–Crippen MR) is 144 cm³/mol. The topological polar surface area (TPSA) is 69.2 Å². The number of piperidine rings is 1. The van der Waals surface area contributed by atoms with Gasteiger partial charge in [-0.05, 0) is 58.1 Å². The molecule has 0 amide bonds. The fourth-order valence-corrected chi connectivity index (χ4v) is 5.08. The van der Waals surface area contributed by atoms with E-state index in [0.717, 1.165) is 60.8 Å². The van der Waals surface area contributed by atoms with Gasteiger partial charge >= 0.3 is 6.18 Å². The highest BCUT2D eigenvalue weighted by Gasteiger charge is 2.32. The quantitative estimate of drug-likeness (QED) is 0.435. The fourth-order valence-electron chi connectivity index (χ4n) is 4.82. The van der Waals surface area contributed by atoms with E-state index in [1.54, 1.807) is 6.20 Å². The minimum Gasteiger partial charge on any atom is -0.356 e. The molecule has 4 heterocycles. The third-order valence-corrected chi connectivity index (χ3v) is 7.17. The lowest BCUT2D eigenvalue weighted by molar-refractivity contribution is -0.137. The van der Waals surface area contributed by atoms with E-state index in [-0.39, 0.29) is 5.69 Å². The Labute approximate surface area is 219 Å². The van der Waals surface area contributed by atoms with Crippen LogP contribution in [0.25, 0.3) is 11.3 Å². The van der Waals surface area contributed by atoms with Gasteiger partial charge in [-0.3, -0.25) is 0 Å². The van der Waals surface area contributed by atoms with Gasteiger partial charge in [0.25, 0.3) is 0 Å². The Morgan fingerprint density at radius 1 is 1.11 bits per heavy atom. The van der Waals surface area contributed by atoms with E-state index >= 15 is 0 Å². The lowest BCUT2D eigenvalue weighted by Crippen LogP contribution is -2.42. The summed E-state index contributed by atoms with van der Waals surface area (Å²) >= 11 is 5.34.